The molecule has 1 aliphatic rings. The van der Waals surface area contributed by atoms with Gasteiger partial charge in [-0.25, -0.2) is 0 Å². The molecule has 1 N–H and O–H groups in total. The second-order valence-corrected chi connectivity index (χ2v) is 8.44. The Bertz CT molecular complexity index is 1210. The lowest BCUT2D eigenvalue weighted by Crippen LogP contribution is -2.44. The van der Waals surface area contributed by atoms with Gasteiger partial charge in [0.2, 0.25) is 0 Å². The van der Waals surface area contributed by atoms with E-state index in [0.717, 1.165) is 27.2 Å². The largest absolute Gasteiger partial charge is 0.497 e. The van der Waals surface area contributed by atoms with E-state index in [9.17, 15) is 9.59 Å². The third-order valence-corrected chi connectivity index (χ3v) is 6.39. The maximum atomic E-state index is 12.9. The Morgan fingerprint density at radius 3 is 2.57 bits per heavy atom. The number of aryl methyl sites for hydroxylation is 1. The summed E-state index contributed by atoms with van der Waals surface area (Å²) >= 11 is 6.51. The van der Waals surface area contributed by atoms with Gasteiger partial charge in [-0.2, -0.15) is 5.01 Å². The van der Waals surface area contributed by atoms with Gasteiger partial charge in [0.25, 0.3) is 11.8 Å². The summed E-state index contributed by atoms with van der Waals surface area (Å²) in [7, 11) is 3.55. The molecule has 0 atom stereocenters. The number of thioether (sulfide) groups is 1. The zero-order chi connectivity index (χ0) is 21.4. The lowest BCUT2D eigenvalue weighted by molar-refractivity contribution is -0.123. The minimum atomic E-state index is -0.420. The fraction of sp³-hybridized carbons (Fsp3) is 0.136. The zero-order valence-corrected chi connectivity index (χ0v) is 18.3. The number of methoxy groups -OCH3 is 1. The Kier molecular flexibility index (Phi) is 5.36. The lowest BCUT2D eigenvalue weighted by Gasteiger charge is -2.15. The highest BCUT2D eigenvalue weighted by molar-refractivity contribution is 8.26. The van der Waals surface area contributed by atoms with E-state index in [-0.39, 0.29) is 10.2 Å². The molecule has 0 bridgehead atoms. The van der Waals surface area contributed by atoms with Gasteiger partial charge in [0.15, 0.2) is 4.32 Å². The zero-order valence-electron chi connectivity index (χ0n) is 16.6. The van der Waals surface area contributed by atoms with Crippen molar-refractivity contribution in [3.63, 3.8) is 0 Å². The number of carbonyl (C=O) groups is 2. The molecule has 1 aliphatic heterocycles. The van der Waals surface area contributed by atoms with Crippen molar-refractivity contribution in [2.75, 3.05) is 7.11 Å². The smallest absolute Gasteiger partial charge is 0.285 e. The fourth-order valence-corrected chi connectivity index (χ4v) is 4.50. The Labute approximate surface area is 183 Å². The summed E-state index contributed by atoms with van der Waals surface area (Å²) in [5.41, 5.74) is 6.10. The van der Waals surface area contributed by atoms with Crippen LogP contribution in [0.25, 0.3) is 17.0 Å². The van der Waals surface area contributed by atoms with E-state index in [2.05, 4.69) is 9.99 Å². The molecule has 2 amide bonds. The molecule has 2 aromatic carbocycles. The quantitative estimate of drug-likeness (QED) is 0.493. The van der Waals surface area contributed by atoms with Gasteiger partial charge in [-0.15, -0.1) is 0 Å². The molecule has 0 spiro atoms. The number of ether oxygens (including phenoxy) is 1. The third kappa shape index (κ3) is 3.48. The molecule has 1 saturated heterocycles. The van der Waals surface area contributed by atoms with Crippen LogP contribution < -0.4 is 10.2 Å². The maximum absolute atomic E-state index is 12.9. The number of rotatable bonds is 4. The average molecular weight is 438 g/mol. The number of nitrogens with one attached hydrogen (secondary N) is 1. The number of para-hydroxylation sites is 1. The summed E-state index contributed by atoms with van der Waals surface area (Å²) in [6.45, 7) is 2.01. The topological polar surface area (TPSA) is 63.6 Å². The van der Waals surface area contributed by atoms with E-state index in [1.54, 1.807) is 31.4 Å². The first-order valence-corrected chi connectivity index (χ1v) is 10.4. The molecule has 152 valence electrons. The summed E-state index contributed by atoms with van der Waals surface area (Å²) < 4.78 is 7.47. The van der Waals surface area contributed by atoms with Gasteiger partial charge in [0.05, 0.1) is 12.0 Å². The summed E-state index contributed by atoms with van der Waals surface area (Å²) in [5, 5.41) is 2.18. The number of aromatic nitrogens is 1. The van der Waals surface area contributed by atoms with E-state index < -0.39 is 5.91 Å². The summed E-state index contributed by atoms with van der Waals surface area (Å²) in [6, 6.07) is 14.6. The second-order valence-electron chi connectivity index (χ2n) is 6.76. The maximum Gasteiger partial charge on any atom is 0.285 e. The molecular formula is C22H19N3O3S2. The van der Waals surface area contributed by atoms with Crippen LogP contribution in [0.1, 0.15) is 21.6 Å². The molecule has 0 unspecified atom stereocenters. The number of thiocarbonyl (C=S) groups is 1. The Morgan fingerprint density at radius 1 is 1.17 bits per heavy atom. The van der Waals surface area contributed by atoms with Crippen LogP contribution in [0.4, 0.5) is 0 Å². The SMILES string of the molecule is COc1ccc(C(=O)NN2C(=O)C(=Cc3c(C)n(C)c4ccccc34)SC2=S)cc1. The van der Waals surface area contributed by atoms with E-state index in [0.29, 0.717) is 16.2 Å². The molecule has 1 fully saturated rings. The molecule has 8 heteroatoms. The van der Waals surface area contributed by atoms with Crippen molar-refractivity contribution in [1.82, 2.24) is 15.0 Å². The number of fused-ring (bicyclic) bond motifs is 1. The first-order valence-electron chi connectivity index (χ1n) is 9.17. The van der Waals surface area contributed by atoms with Crippen molar-refractivity contribution in [2.45, 2.75) is 6.92 Å². The predicted molar refractivity (Wildman–Crippen MR) is 123 cm³/mol. The number of benzene rings is 2. The molecule has 0 aliphatic carbocycles. The minimum Gasteiger partial charge on any atom is -0.497 e. The second kappa shape index (κ2) is 7.97. The van der Waals surface area contributed by atoms with Crippen LogP contribution in [0.2, 0.25) is 0 Å². The molecule has 6 nitrogen and oxygen atoms in total. The Morgan fingerprint density at radius 2 is 1.87 bits per heavy atom. The van der Waals surface area contributed by atoms with Gasteiger partial charge in [0.1, 0.15) is 5.75 Å². The van der Waals surface area contributed by atoms with E-state index in [4.69, 9.17) is 17.0 Å². The summed E-state index contributed by atoms with van der Waals surface area (Å²) in [6.07, 6.45) is 1.84. The average Bonchev–Trinajstić information content (AvgIpc) is 3.16. The van der Waals surface area contributed by atoms with Gasteiger partial charge in [-0.1, -0.05) is 30.0 Å². The van der Waals surface area contributed by atoms with Crippen LogP contribution in [-0.4, -0.2) is 32.8 Å². The van der Waals surface area contributed by atoms with E-state index in [1.807, 2.05) is 44.3 Å². The number of carbonyl (C=O) groups excluding carboxylic acids is 2. The van der Waals surface area contributed by atoms with Crippen LogP contribution in [0.5, 0.6) is 5.75 Å². The van der Waals surface area contributed by atoms with Crippen molar-refractivity contribution >= 4 is 57.1 Å². The molecule has 3 aromatic rings. The molecule has 4 rings (SSSR count). The minimum absolute atomic E-state index is 0.283. The molecule has 2 heterocycles. The van der Waals surface area contributed by atoms with Crippen molar-refractivity contribution in [3.05, 3.63) is 70.3 Å². The van der Waals surface area contributed by atoms with Crippen LogP contribution in [0, 0.1) is 6.92 Å². The molecule has 0 radical (unpaired) electrons. The normalized spacial score (nSPS) is 15.3. The van der Waals surface area contributed by atoms with Crippen LogP contribution in [0.3, 0.4) is 0 Å². The van der Waals surface area contributed by atoms with E-state index >= 15 is 0 Å². The first kappa shape index (κ1) is 20.2. The predicted octanol–water partition coefficient (Wildman–Crippen LogP) is 4.04. The van der Waals surface area contributed by atoms with Gasteiger partial charge < -0.3 is 9.30 Å². The molecule has 30 heavy (non-hydrogen) atoms. The Hall–Kier alpha value is -3.10. The van der Waals surface area contributed by atoms with Gasteiger partial charge in [0, 0.05) is 34.8 Å². The van der Waals surface area contributed by atoms with Crippen LogP contribution >= 0.6 is 24.0 Å². The van der Waals surface area contributed by atoms with E-state index in [1.165, 1.54) is 11.8 Å². The summed E-state index contributed by atoms with van der Waals surface area (Å²) in [4.78, 5) is 26.0. The van der Waals surface area contributed by atoms with Crippen molar-refractivity contribution < 1.29 is 14.3 Å². The third-order valence-electron chi connectivity index (χ3n) is 5.08. The van der Waals surface area contributed by atoms with Crippen molar-refractivity contribution in [3.8, 4) is 5.75 Å². The van der Waals surface area contributed by atoms with Crippen LogP contribution in [-0.2, 0) is 11.8 Å². The highest BCUT2D eigenvalue weighted by Crippen LogP contribution is 2.34. The number of hydrogen-bond acceptors (Lipinski definition) is 5. The monoisotopic (exact) mass is 437 g/mol. The highest BCUT2D eigenvalue weighted by atomic mass is 32.2. The highest BCUT2D eigenvalue weighted by Gasteiger charge is 2.34. The molecule has 0 saturated carbocycles. The molecular weight excluding hydrogens is 418 g/mol. The summed E-state index contributed by atoms with van der Waals surface area (Å²) in [5.74, 6) is -0.124. The van der Waals surface area contributed by atoms with Crippen LogP contribution in [0.15, 0.2) is 53.4 Å². The number of amides is 2. The first-order chi connectivity index (χ1) is 14.4. The van der Waals surface area contributed by atoms with Gasteiger partial charge in [-0.05, 0) is 55.5 Å². The van der Waals surface area contributed by atoms with Gasteiger partial charge in [-0.3, -0.25) is 15.0 Å². The standard InChI is InChI=1S/C22H19N3O3S2/c1-13-17(16-6-4-5-7-18(16)24(13)2)12-19-21(27)25(22(29)30-19)23-20(26)14-8-10-15(28-3)11-9-14/h4-12H,1-3H3,(H,23,26). The fourth-order valence-electron chi connectivity index (χ4n) is 3.34. The Balaban J connectivity index is 1.60. The number of nitrogens with zero attached hydrogens (tertiary/aromatic N) is 2. The number of hydrazine groups is 1. The number of hydrogen-bond donors (Lipinski definition) is 1. The molecule has 1 aromatic heterocycles. The van der Waals surface area contributed by atoms with Gasteiger partial charge >= 0.3 is 0 Å². The van der Waals surface area contributed by atoms with Crippen molar-refractivity contribution in [1.29, 1.82) is 0 Å². The van der Waals surface area contributed by atoms with Crippen molar-refractivity contribution in [2.24, 2.45) is 7.05 Å². The lowest BCUT2D eigenvalue weighted by atomic mass is 10.1.